The summed E-state index contributed by atoms with van der Waals surface area (Å²) in [5.74, 6) is 0.194. The van der Waals surface area contributed by atoms with E-state index in [9.17, 15) is 9.90 Å². The van der Waals surface area contributed by atoms with Gasteiger partial charge in [0.15, 0.2) is 0 Å². The maximum Gasteiger partial charge on any atom is 0.126 e. The standard InChI is InChI=1S/C10H18O2/c1-3-10(2,7-11)8-5-4-6-9(8)12/h7-9,12H,3-6H2,1-2H3. The zero-order valence-corrected chi connectivity index (χ0v) is 7.92. The van der Waals surface area contributed by atoms with Crippen LogP contribution in [0.15, 0.2) is 0 Å². The molecule has 0 radical (unpaired) electrons. The summed E-state index contributed by atoms with van der Waals surface area (Å²) in [6.07, 6.45) is 4.54. The minimum Gasteiger partial charge on any atom is -0.393 e. The number of hydrogen-bond acceptors (Lipinski definition) is 2. The monoisotopic (exact) mass is 170 g/mol. The Bertz CT molecular complexity index is 167. The van der Waals surface area contributed by atoms with E-state index in [0.29, 0.717) is 0 Å². The number of aliphatic hydroxyl groups excluding tert-OH is 1. The number of aliphatic hydroxyl groups is 1. The van der Waals surface area contributed by atoms with Crippen molar-refractivity contribution in [2.45, 2.75) is 45.6 Å². The number of rotatable bonds is 3. The quantitative estimate of drug-likeness (QED) is 0.655. The highest BCUT2D eigenvalue weighted by Gasteiger charge is 2.39. The van der Waals surface area contributed by atoms with Crippen LogP contribution in [0.25, 0.3) is 0 Å². The fraction of sp³-hybridized carbons (Fsp3) is 0.900. The molecule has 0 aromatic rings. The minimum atomic E-state index is -0.296. The first-order valence-corrected chi connectivity index (χ1v) is 4.78. The largest absolute Gasteiger partial charge is 0.393 e. The predicted octanol–water partition coefficient (Wildman–Crippen LogP) is 1.76. The summed E-state index contributed by atoms with van der Waals surface area (Å²) in [4.78, 5) is 10.9. The van der Waals surface area contributed by atoms with E-state index in [4.69, 9.17) is 0 Å². The van der Waals surface area contributed by atoms with E-state index in [1.807, 2.05) is 13.8 Å². The van der Waals surface area contributed by atoms with Crippen LogP contribution in [-0.4, -0.2) is 17.5 Å². The van der Waals surface area contributed by atoms with Gasteiger partial charge in [-0.1, -0.05) is 20.3 Å². The van der Waals surface area contributed by atoms with E-state index in [1.54, 1.807) is 0 Å². The van der Waals surface area contributed by atoms with Crippen molar-refractivity contribution >= 4 is 6.29 Å². The van der Waals surface area contributed by atoms with Crippen molar-refractivity contribution in [1.29, 1.82) is 0 Å². The van der Waals surface area contributed by atoms with E-state index >= 15 is 0 Å². The number of carbonyl (C=O) groups is 1. The summed E-state index contributed by atoms with van der Waals surface area (Å²) in [5, 5.41) is 9.63. The maximum atomic E-state index is 10.9. The number of aldehydes is 1. The third-order valence-electron chi connectivity index (χ3n) is 3.36. The first-order chi connectivity index (χ1) is 5.64. The van der Waals surface area contributed by atoms with Gasteiger partial charge in [0.25, 0.3) is 0 Å². The molecule has 1 fully saturated rings. The van der Waals surface area contributed by atoms with Crippen molar-refractivity contribution < 1.29 is 9.90 Å². The van der Waals surface area contributed by atoms with Crippen molar-refractivity contribution in [3.05, 3.63) is 0 Å². The van der Waals surface area contributed by atoms with Gasteiger partial charge in [-0.15, -0.1) is 0 Å². The van der Waals surface area contributed by atoms with Crippen molar-refractivity contribution in [2.24, 2.45) is 11.3 Å². The molecule has 0 heterocycles. The van der Waals surface area contributed by atoms with Crippen molar-refractivity contribution in [2.75, 3.05) is 0 Å². The minimum absolute atomic E-state index is 0.194. The first kappa shape index (κ1) is 9.72. The molecule has 3 atom stereocenters. The molecular formula is C10H18O2. The lowest BCUT2D eigenvalue weighted by molar-refractivity contribution is -0.120. The Morgan fingerprint density at radius 1 is 1.58 bits per heavy atom. The molecule has 70 valence electrons. The van der Waals surface area contributed by atoms with Gasteiger partial charge in [-0.05, 0) is 25.2 Å². The maximum absolute atomic E-state index is 10.9. The molecular weight excluding hydrogens is 152 g/mol. The third-order valence-corrected chi connectivity index (χ3v) is 3.36. The van der Waals surface area contributed by atoms with E-state index in [2.05, 4.69) is 0 Å². The van der Waals surface area contributed by atoms with E-state index in [-0.39, 0.29) is 17.4 Å². The van der Waals surface area contributed by atoms with Crippen LogP contribution in [0.3, 0.4) is 0 Å². The SMILES string of the molecule is CCC(C)(C=O)C1CCCC1O. The van der Waals surface area contributed by atoms with Gasteiger partial charge >= 0.3 is 0 Å². The number of hydrogen-bond donors (Lipinski definition) is 1. The molecule has 1 aliphatic carbocycles. The van der Waals surface area contributed by atoms with Gasteiger partial charge in [0.2, 0.25) is 0 Å². The summed E-state index contributed by atoms with van der Waals surface area (Å²) < 4.78 is 0. The lowest BCUT2D eigenvalue weighted by atomic mass is 9.74. The lowest BCUT2D eigenvalue weighted by Gasteiger charge is -2.30. The predicted molar refractivity (Wildman–Crippen MR) is 47.8 cm³/mol. The molecule has 1 rings (SSSR count). The van der Waals surface area contributed by atoms with Crippen molar-refractivity contribution in [1.82, 2.24) is 0 Å². The average Bonchev–Trinajstić information content (AvgIpc) is 2.51. The molecule has 0 aromatic carbocycles. The van der Waals surface area contributed by atoms with Gasteiger partial charge < -0.3 is 9.90 Å². The van der Waals surface area contributed by atoms with Crippen LogP contribution in [0, 0.1) is 11.3 Å². The lowest BCUT2D eigenvalue weighted by Crippen LogP contribution is -2.33. The molecule has 0 bridgehead atoms. The molecule has 1 saturated carbocycles. The summed E-state index contributed by atoms with van der Waals surface area (Å²) in [6.45, 7) is 3.97. The van der Waals surface area contributed by atoms with Gasteiger partial charge in [-0.2, -0.15) is 0 Å². The van der Waals surface area contributed by atoms with Crippen LogP contribution in [0.2, 0.25) is 0 Å². The van der Waals surface area contributed by atoms with Crippen LogP contribution in [0.4, 0.5) is 0 Å². The average molecular weight is 170 g/mol. The van der Waals surface area contributed by atoms with E-state index < -0.39 is 0 Å². The van der Waals surface area contributed by atoms with Crippen molar-refractivity contribution in [3.8, 4) is 0 Å². The van der Waals surface area contributed by atoms with Gasteiger partial charge in [0.1, 0.15) is 6.29 Å². The highest BCUT2D eigenvalue weighted by atomic mass is 16.3. The molecule has 0 aromatic heterocycles. The molecule has 0 saturated heterocycles. The Labute approximate surface area is 74.0 Å². The molecule has 3 unspecified atom stereocenters. The second kappa shape index (κ2) is 3.56. The molecule has 2 heteroatoms. The van der Waals surface area contributed by atoms with Crippen LogP contribution < -0.4 is 0 Å². The van der Waals surface area contributed by atoms with Crippen LogP contribution in [-0.2, 0) is 4.79 Å². The summed E-state index contributed by atoms with van der Waals surface area (Å²) >= 11 is 0. The summed E-state index contributed by atoms with van der Waals surface area (Å²) in [5.41, 5.74) is -0.296. The van der Waals surface area contributed by atoms with Crippen LogP contribution in [0.5, 0.6) is 0 Å². The second-order valence-corrected chi connectivity index (χ2v) is 4.08. The highest BCUT2D eigenvalue weighted by Crippen LogP contribution is 2.40. The molecule has 1 N–H and O–H groups in total. The van der Waals surface area contributed by atoms with Crippen LogP contribution in [0.1, 0.15) is 39.5 Å². The van der Waals surface area contributed by atoms with E-state index in [0.717, 1.165) is 32.0 Å². The number of carbonyl (C=O) groups excluding carboxylic acids is 1. The molecule has 0 amide bonds. The molecule has 0 spiro atoms. The molecule has 1 aliphatic rings. The Morgan fingerprint density at radius 3 is 2.58 bits per heavy atom. The van der Waals surface area contributed by atoms with Crippen molar-refractivity contribution in [3.63, 3.8) is 0 Å². The Kier molecular flexibility index (Phi) is 2.89. The van der Waals surface area contributed by atoms with Crippen LogP contribution >= 0.6 is 0 Å². The van der Waals surface area contributed by atoms with Gasteiger partial charge in [0, 0.05) is 5.41 Å². The normalized spacial score (nSPS) is 34.6. The van der Waals surface area contributed by atoms with E-state index in [1.165, 1.54) is 0 Å². The first-order valence-electron chi connectivity index (χ1n) is 4.78. The molecule has 2 nitrogen and oxygen atoms in total. The van der Waals surface area contributed by atoms with Gasteiger partial charge in [-0.3, -0.25) is 0 Å². The zero-order chi connectivity index (χ0) is 9.19. The molecule has 0 aliphatic heterocycles. The second-order valence-electron chi connectivity index (χ2n) is 4.08. The fourth-order valence-electron chi connectivity index (χ4n) is 2.14. The van der Waals surface area contributed by atoms with Gasteiger partial charge in [-0.25, -0.2) is 0 Å². The fourth-order valence-corrected chi connectivity index (χ4v) is 2.14. The Morgan fingerprint density at radius 2 is 2.25 bits per heavy atom. The zero-order valence-electron chi connectivity index (χ0n) is 7.92. The summed E-state index contributed by atoms with van der Waals surface area (Å²) in [7, 11) is 0. The third kappa shape index (κ3) is 1.53. The Balaban J connectivity index is 2.71. The smallest absolute Gasteiger partial charge is 0.126 e. The molecule has 12 heavy (non-hydrogen) atoms. The Hall–Kier alpha value is -0.370. The summed E-state index contributed by atoms with van der Waals surface area (Å²) in [6, 6.07) is 0. The highest BCUT2D eigenvalue weighted by molar-refractivity contribution is 5.59. The topological polar surface area (TPSA) is 37.3 Å². The van der Waals surface area contributed by atoms with Gasteiger partial charge in [0.05, 0.1) is 6.10 Å².